The molecule has 1 aromatic rings. The Kier molecular flexibility index (Phi) is 3.55. The molecule has 0 spiro atoms. The topological polar surface area (TPSA) is 67.3 Å². The van der Waals surface area contributed by atoms with Crippen LogP contribution in [-0.4, -0.2) is 22.3 Å². The lowest BCUT2D eigenvalue weighted by Crippen LogP contribution is -2.11. The Hall–Kier alpha value is -1.97. The van der Waals surface area contributed by atoms with Gasteiger partial charge < -0.3 is 9.90 Å². The molecule has 0 radical (unpaired) electrons. The van der Waals surface area contributed by atoms with Crippen molar-refractivity contribution in [3.63, 3.8) is 0 Å². The fourth-order valence-corrected chi connectivity index (χ4v) is 0.863. The Bertz CT molecular complexity index is 346. The first-order valence-corrected chi connectivity index (χ1v) is 4.01. The third kappa shape index (κ3) is 2.82. The van der Waals surface area contributed by atoms with E-state index in [1.807, 2.05) is 0 Å². The first-order valence-electron chi connectivity index (χ1n) is 4.01. The van der Waals surface area contributed by atoms with Crippen molar-refractivity contribution >= 4 is 18.3 Å². The highest BCUT2D eigenvalue weighted by Gasteiger charge is 2.11. The van der Waals surface area contributed by atoms with Gasteiger partial charge in [0, 0.05) is 6.20 Å². The zero-order valence-electron chi connectivity index (χ0n) is 7.33. The molecule has 1 unspecified atom stereocenters. The maximum absolute atomic E-state index is 10.4. The molecule has 0 fully saturated rings. The standard InChI is InChI=1S/C10H9NO3/c12-7-8(10(13)14)4-5-9-3-1-2-6-11-9/h1-8H,(H,13,14). The first kappa shape index (κ1) is 10.1. The third-order valence-electron chi connectivity index (χ3n) is 1.59. The molecule has 1 atom stereocenters. The minimum Gasteiger partial charge on any atom is -0.480 e. The number of carboxylic acid groups (broad SMARTS) is 1. The molecule has 72 valence electrons. The second-order valence-electron chi connectivity index (χ2n) is 2.61. The molecule has 0 saturated heterocycles. The lowest BCUT2D eigenvalue weighted by molar-refractivity contribution is -0.141. The molecule has 1 aromatic heterocycles. The highest BCUT2D eigenvalue weighted by Crippen LogP contribution is 2.01. The van der Waals surface area contributed by atoms with E-state index in [0.717, 1.165) is 0 Å². The van der Waals surface area contributed by atoms with Crippen LogP contribution in [0.25, 0.3) is 6.08 Å². The van der Waals surface area contributed by atoms with Crippen LogP contribution in [0.5, 0.6) is 0 Å². The van der Waals surface area contributed by atoms with E-state index < -0.39 is 11.9 Å². The van der Waals surface area contributed by atoms with Crippen molar-refractivity contribution in [1.82, 2.24) is 4.98 Å². The average Bonchev–Trinajstić information content (AvgIpc) is 2.20. The van der Waals surface area contributed by atoms with Crippen molar-refractivity contribution in [2.24, 2.45) is 5.92 Å². The van der Waals surface area contributed by atoms with Crippen LogP contribution in [0.2, 0.25) is 0 Å². The van der Waals surface area contributed by atoms with Crippen molar-refractivity contribution in [3.05, 3.63) is 36.2 Å². The van der Waals surface area contributed by atoms with E-state index in [9.17, 15) is 9.59 Å². The van der Waals surface area contributed by atoms with Crippen LogP contribution in [0, 0.1) is 5.92 Å². The van der Waals surface area contributed by atoms with Crippen LogP contribution >= 0.6 is 0 Å². The number of aromatic nitrogens is 1. The SMILES string of the molecule is O=CC(C=Cc1ccccn1)C(=O)O. The van der Waals surface area contributed by atoms with Crippen LogP contribution < -0.4 is 0 Å². The van der Waals surface area contributed by atoms with Gasteiger partial charge in [-0.1, -0.05) is 12.1 Å². The van der Waals surface area contributed by atoms with Gasteiger partial charge >= 0.3 is 5.97 Å². The predicted octanol–water partition coefficient (Wildman–Crippen LogP) is 0.994. The lowest BCUT2D eigenvalue weighted by atomic mass is 10.1. The minimum atomic E-state index is -1.16. The number of carbonyl (C=O) groups is 2. The molecule has 1 heterocycles. The van der Waals surface area contributed by atoms with Gasteiger partial charge in [0.2, 0.25) is 0 Å². The van der Waals surface area contributed by atoms with Gasteiger partial charge in [0.05, 0.1) is 5.69 Å². The molecule has 0 bridgehead atoms. The number of hydrogen-bond acceptors (Lipinski definition) is 3. The van der Waals surface area contributed by atoms with Gasteiger partial charge in [0.1, 0.15) is 12.2 Å². The first-order chi connectivity index (χ1) is 6.74. The molecule has 0 aliphatic heterocycles. The Labute approximate surface area is 80.9 Å². The second-order valence-corrected chi connectivity index (χ2v) is 2.61. The Morgan fingerprint density at radius 3 is 2.79 bits per heavy atom. The van der Waals surface area contributed by atoms with Crippen molar-refractivity contribution in [1.29, 1.82) is 0 Å². The van der Waals surface area contributed by atoms with Gasteiger partial charge in [-0.05, 0) is 18.2 Å². The molecule has 0 aliphatic carbocycles. The number of aldehydes is 1. The maximum atomic E-state index is 10.4. The summed E-state index contributed by atoms with van der Waals surface area (Å²) in [5.74, 6) is -2.26. The molecule has 0 aromatic carbocycles. The van der Waals surface area contributed by atoms with Crippen LogP contribution in [0.3, 0.4) is 0 Å². The third-order valence-corrected chi connectivity index (χ3v) is 1.59. The van der Waals surface area contributed by atoms with Crippen molar-refractivity contribution in [2.75, 3.05) is 0 Å². The van der Waals surface area contributed by atoms with Crippen molar-refractivity contribution in [2.45, 2.75) is 0 Å². The predicted molar refractivity (Wildman–Crippen MR) is 50.5 cm³/mol. The fraction of sp³-hybridized carbons (Fsp3) is 0.100. The zero-order valence-corrected chi connectivity index (χ0v) is 7.33. The van der Waals surface area contributed by atoms with Crippen LogP contribution in [0.15, 0.2) is 30.5 Å². The van der Waals surface area contributed by atoms with Crippen LogP contribution in [0.4, 0.5) is 0 Å². The summed E-state index contributed by atoms with van der Waals surface area (Å²) in [7, 11) is 0. The average molecular weight is 191 g/mol. The van der Waals surface area contributed by atoms with Gasteiger partial charge in [-0.3, -0.25) is 9.78 Å². The quantitative estimate of drug-likeness (QED) is 0.569. The number of carboxylic acids is 1. The van der Waals surface area contributed by atoms with E-state index in [1.54, 1.807) is 24.4 Å². The number of pyridine rings is 1. The Morgan fingerprint density at radius 1 is 1.50 bits per heavy atom. The largest absolute Gasteiger partial charge is 0.480 e. The molecular weight excluding hydrogens is 182 g/mol. The molecule has 4 heteroatoms. The lowest BCUT2D eigenvalue weighted by Gasteiger charge is -1.95. The molecule has 14 heavy (non-hydrogen) atoms. The van der Waals surface area contributed by atoms with E-state index >= 15 is 0 Å². The summed E-state index contributed by atoms with van der Waals surface area (Å²) in [5, 5.41) is 8.55. The number of carbonyl (C=O) groups excluding carboxylic acids is 1. The monoisotopic (exact) mass is 191 g/mol. The Balaban J connectivity index is 2.72. The molecule has 4 nitrogen and oxygen atoms in total. The molecule has 0 amide bonds. The van der Waals surface area contributed by atoms with E-state index in [0.29, 0.717) is 12.0 Å². The van der Waals surface area contributed by atoms with Crippen molar-refractivity contribution in [3.8, 4) is 0 Å². The number of rotatable bonds is 4. The van der Waals surface area contributed by atoms with Crippen LogP contribution in [-0.2, 0) is 9.59 Å². The van der Waals surface area contributed by atoms with Crippen LogP contribution in [0.1, 0.15) is 5.69 Å². The fourth-order valence-electron chi connectivity index (χ4n) is 0.863. The highest BCUT2D eigenvalue weighted by atomic mass is 16.4. The van der Waals surface area contributed by atoms with E-state index in [2.05, 4.69) is 4.98 Å². The smallest absolute Gasteiger partial charge is 0.317 e. The molecule has 1 rings (SSSR count). The zero-order chi connectivity index (χ0) is 10.4. The van der Waals surface area contributed by atoms with Gasteiger partial charge in [0.25, 0.3) is 0 Å². The molecule has 1 N–H and O–H groups in total. The summed E-state index contributed by atoms with van der Waals surface area (Å²) in [6.45, 7) is 0. The summed E-state index contributed by atoms with van der Waals surface area (Å²) in [5.41, 5.74) is 0.626. The summed E-state index contributed by atoms with van der Waals surface area (Å²) in [6, 6.07) is 5.26. The van der Waals surface area contributed by atoms with Crippen molar-refractivity contribution < 1.29 is 14.7 Å². The molecule has 0 aliphatic rings. The minimum absolute atomic E-state index is 0.377. The Morgan fingerprint density at radius 2 is 2.29 bits per heavy atom. The highest BCUT2D eigenvalue weighted by molar-refractivity contribution is 5.89. The summed E-state index contributed by atoms with van der Waals surface area (Å²) >= 11 is 0. The van der Waals surface area contributed by atoms with E-state index in [4.69, 9.17) is 5.11 Å². The normalized spacial score (nSPS) is 12.6. The summed E-state index contributed by atoms with van der Waals surface area (Å²) in [4.78, 5) is 24.7. The second kappa shape index (κ2) is 4.91. The van der Waals surface area contributed by atoms with Gasteiger partial charge in [-0.2, -0.15) is 0 Å². The van der Waals surface area contributed by atoms with Gasteiger partial charge in [-0.25, -0.2) is 0 Å². The number of hydrogen-bond donors (Lipinski definition) is 1. The van der Waals surface area contributed by atoms with E-state index in [-0.39, 0.29) is 0 Å². The molecule has 0 saturated carbocycles. The van der Waals surface area contributed by atoms with Gasteiger partial charge in [-0.15, -0.1) is 0 Å². The maximum Gasteiger partial charge on any atom is 0.317 e. The summed E-state index contributed by atoms with van der Waals surface area (Å²) in [6.07, 6.45) is 4.78. The number of nitrogens with zero attached hydrogens (tertiary/aromatic N) is 1. The molecular formula is C10H9NO3. The van der Waals surface area contributed by atoms with Gasteiger partial charge in [0.15, 0.2) is 0 Å². The summed E-state index contributed by atoms with van der Waals surface area (Å²) < 4.78 is 0. The van der Waals surface area contributed by atoms with E-state index in [1.165, 1.54) is 12.2 Å². The number of aliphatic carboxylic acids is 1.